The third-order valence-corrected chi connectivity index (χ3v) is 9.20. The van der Waals surface area contributed by atoms with E-state index in [0.29, 0.717) is 26.4 Å². The lowest BCUT2D eigenvalue weighted by Gasteiger charge is -2.39. The van der Waals surface area contributed by atoms with Gasteiger partial charge in [-0.3, -0.25) is 14.4 Å². The molecule has 2 aliphatic rings. The van der Waals surface area contributed by atoms with Crippen LogP contribution in [0.15, 0.2) is 93.1 Å². The molecule has 0 fully saturated rings. The topological polar surface area (TPSA) is 84.8 Å². The van der Waals surface area contributed by atoms with Crippen molar-refractivity contribution in [1.82, 2.24) is 4.57 Å². The van der Waals surface area contributed by atoms with Crippen molar-refractivity contribution in [3.8, 4) is 11.3 Å². The fraction of sp³-hybridized carbons (Fsp3) is 0.156. The molecule has 0 saturated carbocycles. The van der Waals surface area contributed by atoms with E-state index in [1.165, 1.54) is 46.7 Å². The molecule has 0 saturated heterocycles. The number of carboxylic acid groups (broad SMARTS) is 1. The normalized spacial score (nSPS) is 19.7. The second-order valence-electron chi connectivity index (χ2n) is 10.2. The van der Waals surface area contributed by atoms with Crippen LogP contribution in [0.3, 0.4) is 0 Å². The zero-order valence-electron chi connectivity index (χ0n) is 21.5. The first kappa shape index (κ1) is 25.7. The SMILES string of the molecule is O=C(O)c1ccc(-c2ccc(/C=c3\sc4n(c3=O)[C@H](c3ccc(F)cc3)[C@@H]3CCc5ccccc5[C@@H]3N=4)o2)cc1Cl. The number of nitrogens with zero attached hydrogens (tertiary/aromatic N) is 2. The van der Waals surface area contributed by atoms with Gasteiger partial charge in [-0.15, -0.1) is 0 Å². The van der Waals surface area contributed by atoms with Crippen molar-refractivity contribution in [3.05, 3.63) is 137 Å². The maximum absolute atomic E-state index is 13.9. The van der Waals surface area contributed by atoms with Crippen LogP contribution in [-0.2, 0) is 6.42 Å². The highest BCUT2D eigenvalue weighted by molar-refractivity contribution is 7.07. The fourth-order valence-corrected chi connectivity index (χ4v) is 7.28. The van der Waals surface area contributed by atoms with E-state index < -0.39 is 5.97 Å². The average Bonchev–Trinajstić information content (AvgIpc) is 3.56. The smallest absolute Gasteiger partial charge is 0.337 e. The first-order valence-corrected chi connectivity index (χ1v) is 14.3. The molecule has 1 N–H and O–H groups in total. The number of carboxylic acids is 1. The molecule has 3 atom stereocenters. The number of halogens is 2. The van der Waals surface area contributed by atoms with Gasteiger partial charge in [0.05, 0.1) is 27.2 Å². The Balaban J connectivity index is 1.34. The van der Waals surface area contributed by atoms with Gasteiger partial charge in [-0.25, -0.2) is 9.18 Å². The van der Waals surface area contributed by atoms with Gasteiger partial charge in [-0.2, -0.15) is 0 Å². The summed E-state index contributed by atoms with van der Waals surface area (Å²) in [6.07, 6.45) is 3.45. The first-order valence-electron chi connectivity index (χ1n) is 13.1. The van der Waals surface area contributed by atoms with E-state index in [2.05, 4.69) is 12.1 Å². The summed E-state index contributed by atoms with van der Waals surface area (Å²) >= 11 is 7.45. The van der Waals surface area contributed by atoms with Crippen molar-refractivity contribution in [1.29, 1.82) is 0 Å². The zero-order valence-corrected chi connectivity index (χ0v) is 23.0. The van der Waals surface area contributed by atoms with E-state index in [9.17, 15) is 19.1 Å². The highest BCUT2D eigenvalue weighted by Crippen LogP contribution is 2.46. The molecule has 5 aromatic rings. The van der Waals surface area contributed by atoms with E-state index in [1.807, 2.05) is 12.1 Å². The molecule has 0 spiro atoms. The summed E-state index contributed by atoms with van der Waals surface area (Å²) in [5.41, 5.74) is 3.79. The van der Waals surface area contributed by atoms with Crippen LogP contribution in [0, 0.1) is 11.7 Å². The number of benzene rings is 3. The van der Waals surface area contributed by atoms with Crippen molar-refractivity contribution >= 4 is 35.0 Å². The Morgan fingerprint density at radius 1 is 1.10 bits per heavy atom. The second kappa shape index (κ2) is 9.98. The maximum Gasteiger partial charge on any atom is 0.337 e. The molecule has 3 heterocycles. The maximum atomic E-state index is 13.9. The number of thiazole rings is 1. The number of hydrogen-bond donors (Lipinski definition) is 1. The fourth-order valence-electron chi connectivity index (χ4n) is 6.00. The highest BCUT2D eigenvalue weighted by atomic mass is 35.5. The Morgan fingerprint density at radius 2 is 1.90 bits per heavy atom. The number of furan rings is 1. The van der Waals surface area contributed by atoms with Gasteiger partial charge in [0.25, 0.3) is 5.56 Å². The summed E-state index contributed by atoms with van der Waals surface area (Å²) < 4.78 is 22.1. The van der Waals surface area contributed by atoms with Crippen LogP contribution >= 0.6 is 22.9 Å². The van der Waals surface area contributed by atoms with Crippen LogP contribution in [0.1, 0.15) is 51.3 Å². The predicted octanol–water partition coefficient (Wildman–Crippen LogP) is 6.02. The van der Waals surface area contributed by atoms with E-state index in [1.54, 1.807) is 41.0 Å². The van der Waals surface area contributed by atoms with Gasteiger partial charge in [0.15, 0.2) is 4.80 Å². The molecule has 3 aromatic carbocycles. The lowest BCUT2D eigenvalue weighted by molar-refractivity contribution is 0.0697. The van der Waals surface area contributed by atoms with Crippen LogP contribution in [0.4, 0.5) is 4.39 Å². The van der Waals surface area contributed by atoms with Crippen molar-refractivity contribution in [3.63, 3.8) is 0 Å². The zero-order chi connectivity index (χ0) is 28.2. The minimum absolute atomic E-state index is 0.00796. The summed E-state index contributed by atoms with van der Waals surface area (Å²) in [6, 6.07) is 22.4. The Morgan fingerprint density at radius 3 is 2.68 bits per heavy atom. The number of aromatic nitrogens is 1. The average molecular weight is 585 g/mol. The quantitative estimate of drug-likeness (QED) is 0.280. The molecule has 7 rings (SSSR count). The van der Waals surface area contributed by atoms with Gasteiger partial charge in [0.1, 0.15) is 17.3 Å². The van der Waals surface area contributed by atoms with Crippen LogP contribution in [0.2, 0.25) is 5.02 Å². The van der Waals surface area contributed by atoms with Gasteiger partial charge < -0.3 is 9.52 Å². The predicted molar refractivity (Wildman–Crippen MR) is 155 cm³/mol. The van der Waals surface area contributed by atoms with E-state index in [4.69, 9.17) is 21.0 Å². The number of carbonyl (C=O) groups is 1. The van der Waals surface area contributed by atoms with Crippen LogP contribution in [0.5, 0.6) is 0 Å². The van der Waals surface area contributed by atoms with Gasteiger partial charge in [-0.1, -0.05) is 65.4 Å². The van der Waals surface area contributed by atoms with Crippen LogP contribution in [0.25, 0.3) is 17.4 Å². The summed E-state index contributed by atoms with van der Waals surface area (Å²) in [4.78, 5) is 30.9. The van der Waals surface area contributed by atoms with Crippen molar-refractivity contribution in [2.24, 2.45) is 10.9 Å². The molecule has 204 valence electrons. The van der Waals surface area contributed by atoms with Crippen molar-refractivity contribution in [2.45, 2.75) is 24.9 Å². The van der Waals surface area contributed by atoms with E-state index >= 15 is 0 Å². The Hall–Kier alpha value is -4.27. The molecule has 41 heavy (non-hydrogen) atoms. The monoisotopic (exact) mass is 584 g/mol. The number of hydrogen-bond acceptors (Lipinski definition) is 5. The Labute approximate surface area is 242 Å². The summed E-state index contributed by atoms with van der Waals surface area (Å²) in [5, 5.41) is 9.35. The van der Waals surface area contributed by atoms with E-state index in [0.717, 1.165) is 18.4 Å². The molecular weight excluding hydrogens is 563 g/mol. The molecule has 2 aromatic heterocycles. The molecule has 0 unspecified atom stereocenters. The minimum Gasteiger partial charge on any atom is -0.478 e. The molecule has 9 heteroatoms. The highest BCUT2D eigenvalue weighted by Gasteiger charge is 2.40. The Kier molecular flexibility index (Phi) is 6.25. The molecule has 6 nitrogen and oxygen atoms in total. The van der Waals surface area contributed by atoms with Gasteiger partial charge in [0.2, 0.25) is 0 Å². The standard InChI is InChI=1S/C32H22ClFN2O4S/c33-25-15-19(8-12-23(25)31(38)39)26-14-11-21(40-26)16-27-30(37)36-29(18-5-9-20(34)10-6-18)24-13-7-17-3-1-2-4-22(17)28(24)35-32(36)41-27/h1-6,8-12,14-16,24,28-29H,7,13H2,(H,38,39)/b27-16-/t24-,28+,29-/m1/s1. The van der Waals surface area contributed by atoms with Crippen LogP contribution in [-0.4, -0.2) is 15.6 Å². The third-order valence-electron chi connectivity index (χ3n) is 7.89. The second-order valence-corrected chi connectivity index (χ2v) is 11.7. The van der Waals surface area contributed by atoms with Gasteiger partial charge in [-0.05, 0) is 65.9 Å². The van der Waals surface area contributed by atoms with Crippen molar-refractivity contribution < 1.29 is 18.7 Å². The summed E-state index contributed by atoms with van der Waals surface area (Å²) in [6.45, 7) is 0. The summed E-state index contributed by atoms with van der Waals surface area (Å²) in [5.74, 6) is -0.412. The minimum atomic E-state index is -1.11. The lowest BCUT2D eigenvalue weighted by atomic mass is 9.74. The Bertz CT molecular complexity index is 2010. The lowest BCUT2D eigenvalue weighted by Crippen LogP contribution is -2.44. The van der Waals surface area contributed by atoms with E-state index in [-0.39, 0.29) is 40.0 Å². The molecule has 1 aliphatic carbocycles. The van der Waals surface area contributed by atoms with Gasteiger partial charge in [0, 0.05) is 17.6 Å². The largest absolute Gasteiger partial charge is 0.478 e. The number of aromatic carboxylic acids is 1. The molecule has 0 bridgehead atoms. The number of fused-ring (bicyclic) bond motifs is 4. The third kappa shape index (κ3) is 4.44. The van der Waals surface area contributed by atoms with Crippen molar-refractivity contribution in [2.75, 3.05) is 0 Å². The first-order chi connectivity index (χ1) is 19.9. The summed E-state index contributed by atoms with van der Waals surface area (Å²) in [7, 11) is 0. The molecule has 1 aliphatic heterocycles. The molecule has 0 radical (unpaired) electrons. The van der Waals surface area contributed by atoms with Gasteiger partial charge >= 0.3 is 5.97 Å². The van der Waals surface area contributed by atoms with Crippen LogP contribution < -0.4 is 14.9 Å². The molecular formula is C32H22ClFN2O4S. The number of aryl methyl sites for hydroxylation is 1. The number of rotatable bonds is 4. The molecule has 0 amide bonds.